The largest absolute Gasteiger partial charge is 0.478 e. The number of benzene rings is 1. The third-order valence-corrected chi connectivity index (χ3v) is 6.58. The molecule has 0 radical (unpaired) electrons. The second-order valence-electron chi connectivity index (χ2n) is 7.08. The van der Waals surface area contributed by atoms with Crippen molar-refractivity contribution in [3.05, 3.63) is 58.7 Å². The maximum absolute atomic E-state index is 13.0. The highest BCUT2D eigenvalue weighted by molar-refractivity contribution is 7.21. The summed E-state index contributed by atoms with van der Waals surface area (Å²) >= 11 is 2.93. The number of halogens is 3. The van der Waals surface area contributed by atoms with Gasteiger partial charge in [0.2, 0.25) is 0 Å². The predicted octanol–water partition coefficient (Wildman–Crippen LogP) is 9.06. The Morgan fingerprint density at radius 1 is 1.11 bits per heavy atom. The summed E-state index contributed by atoms with van der Waals surface area (Å²) in [6.07, 6.45) is -4.08. The molecule has 5 nitrogen and oxygen atoms in total. The zero-order chi connectivity index (χ0) is 26.3. The number of thiazole rings is 1. The Hall–Kier alpha value is -2.98. The lowest BCUT2D eigenvalue weighted by Crippen LogP contribution is -2.11. The molecular weight excluding hydrogens is 495 g/mol. The molecule has 0 bridgehead atoms. The molecule has 0 saturated carbocycles. The van der Waals surface area contributed by atoms with Gasteiger partial charge in [0.25, 0.3) is 0 Å². The summed E-state index contributed by atoms with van der Waals surface area (Å²) in [5.74, 6) is -1.61. The van der Waals surface area contributed by atoms with Crippen molar-refractivity contribution in [1.29, 1.82) is 0 Å². The van der Waals surface area contributed by atoms with Gasteiger partial charge in [0.05, 0.1) is 16.1 Å². The number of nitrogens with one attached hydrogen (secondary N) is 1. The van der Waals surface area contributed by atoms with Gasteiger partial charge < -0.3 is 10.4 Å². The molecule has 35 heavy (non-hydrogen) atoms. The SMILES string of the molecule is CC.CC.CC(C)c1nc(Nc2ncc(C(F)(F)F)cc2C(=O)O)sc1-c1csc2ccccc12. The minimum atomic E-state index is -4.69. The van der Waals surface area contributed by atoms with E-state index in [0.717, 1.165) is 26.2 Å². The number of hydrogen-bond acceptors (Lipinski definition) is 6. The second-order valence-corrected chi connectivity index (χ2v) is 8.99. The van der Waals surface area contributed by atoms with Crippen molar-refractivity contribution in [1.82, 2.24) is 9.97 Å². The first kappa shape index (κ1) is 28.3. The Morgan fingerprint density at radius 3 is 2.37 bits per heavy atom. The molecule has 188 valence electrons. The number of rotatable bonds is 5. The average molecular weight is 524 g/mol. The molecular formula is C25H28F3N3O2S2. The molecule has 3 aromatic heterocycles. The minimum Gasteiger partial charge on any atom is -0.478 e. The first-order chi connectivity index (χ1) is 16.6. The van der Waals surface area contributed by atoms with E-state index >= 15 is 0 Å². The van der Waals surface area contributed by atoms with Crippen LogP contribution in [0.15, 0.2) is 41.9 Å². The maximum atomic E-state index is 13.0. The maximum Gasteiger partial charge on any atom is 0.417 e. The van der Waals surface area contributed by atoms with E-state index in [1.54, 1.807) is 11.3 Å². The van der Waals surface area contributed by atoms with E-state index in [1.807, 2.05) is 71.2 Å². The normalized spacial score (nSPS) is 10.9. The highest BCUT2D eigenvalue weighted by Gasteiger charge is 2.33. The molecule has 1 aromatic carbocycles. The van der Waals surface area contributed by atoms with Crippen molar-refractivity contribution < 1.29 is 23.1 Å². The van der Waals surface area contributed by atoms with E-state index in [2.05, 4.69) is 15.3 Å². The minimum absolute atomic E-state index is 0.0833. The van der Waals surface area contributed by atoms with Crippen molar-refractivity contribution in [2.24, 2.45) is 0 Å². The quantitative estimate of drug-likeness (QED) is 0.273. The van der Waals surface area contributed by atoms with Gasteiger partial charge in [0.15, 0.2) is 5.13 Å². The van der Waals surface area contributed by atoms with E-state index in [1.165, 1.54) is 11.3 Å². The number of carboxylic acids is 1. The molecule has 0 saturated heterocycles. The summed E-state index contributed by atoms with van der Waals surface area (Å²) < 4.78 is 40.0. The summed E-state index contributed by atoms with van der Waals surface area (Å²) in [5, 5.41) is 15.7. The molecule has 0 fully saturated rings. The Kier molecular flexibility index (Phi) is 9.79. The van der Waals surface area contributed by atoms with Gasteiger partial charge in [0.1, 0.15) is 11.4 Å². The predicted molar refractivity (Wildman–Crippen MR) is 139 cm³/mol. The molecule has 0 aliphatic carbocycles. The van der Waals surface area contributed by atoms with Gasteiger partial charge in [-0.15, -0.1) is 11.3 Å². The lowest BCUT2D eigenvalue weighted by atomic mass is 10.0. The van der Waals surface area contributed by atoms with Crippen molar-refractivity contribution >= 4 is 49.7 Å². The van der Waals surface area contributed by atoms with Crippen LogP contribution in [0.5, 0.6) is 0 Å². The summed E-state index contributed by atoms with van der Waals surface area (Å²) in [6.45, 7) is 12.0. The molecule has 4 aromatic rings. The number of aromatic nitrogens is 2. The van der Waals surface area contributed by atoms with Gasteiger partial charge in [-0.05, 0) is 18.1 Å². The van der Waals surface area contributed by atoms with E-state index in [4.69, 9.17) is 0 Å². The Bertz CT molecular complexity index is 1280. The van der Waals surface area contributed by atoms with Crippen LogP contribution in [0.2, 0.25) is 0 Å². The van der Waals surface area contributed by atoms with E-state index < -0.39 is 23.3 Å². The molecule has 0 unspecified atom stereocenters. The first-order valence-corrected chi connectivity index (χ1v) is 12.9. The van der Waals surface area contributed by atoms with Gasteiger partial charge in [-0.1, -0.05) is 71.1 Å². The monoisotopic (exact) mass is 523 g/mol. The van der Waals surface area contributed by atoms with Crippen LogP contribution in [0, 0.1) is 0 Å². The molecule has 0 aliphatic heterocycles. The number of alkyl halides is 3. The number of anilines is 2. The van der Waals surface area contributed by atoms with E-state index in [9.17, 15) is 23.1 Å². The number of hydrogen-bond donors (Lipinski definition) is 2. The molecule has 4 rings (SSSR count). The van der Waals surface area contributed by atoms with Crippen LogP contribution in [0.25, 0.3) is 20.5 Å². The number of aromatic carboxylic acids is 1. The molecule has 0 spiro atoms. The van der Waals surface area contributed by atoms with E-state index in [0.29, 0.717) is 17.4 Å². The average Bonchev–Trinajstić information content (AvgIpc) is 3.45. The zero-order valence-corrected chi connectivity index (χ0v) is 22.0. The third kappa shape index (κ3) is 6.37. The summed E-state index contributed by atoms with van der Waals surface area (Å²) in [6, 6.07) is 8.55. The van der Waals surface area contributed by atoms with Gasteiger partial charge >= 0.3 is 12.1 Å². The fraction of sp³-hybridized carbons (Fsp3) is 0.320. The van der Waals surface area contributed by atoms with E-state index in [-0.39, 0.29) is 11.7 Å². The summed E-state index contributed by atoms with van der Waals surface area (Å²) in [7, 11) is 0. The molecule has 3 heterocycles. The molecule has 10 heteroatoms. The second kappa shape index (κ2) is 12.1. The zero-order valence-electron chi connectivity index (χ0n) is 20.3. The standard InChI is InChI=1S/C21H16F3N3O2S2.2C2H6/c1-10(2)16-17(14-9-30-15-6-4-3-5-12(14)15)31-20(26-16)27-18-13(19(28)29)7-11(8-25-18)21(22,23)24;2*1-2/h3-10H,1-2H3,(H,28,29)(H,25,26,27);2*1-2H3. The molecule has 0 aliphatic rings. The number of thiophene rings is 1. The Balaban J connectivity index is 0.00000103. The van der Waals surface area contributed by atoms with Gasteiger partial charge in [-0.3, -0.25) is 0 Å². The van der Waals surface area contributed by atoms with Crippen molar-refractivity contribution in [2.75, 3.05) is 5.32 Å². The van der Waals surface area contributed by atoms with Crippen molar-refractivity contribution in [3.63, 3.8) is 0 Å². The highest BCUT2D eigenvalue weighted by atomic mass is 32.1. The van der Waals surface area contributed by atoms with Crippen LogP contribution < -0.4 is 5.32 Å². The van der Waals surface area contributed by atoms with Crippen molar-refractivity contribution in [3.8, 4) is 10.4 Å². The number of pyridine rings is 1. The number of carboxylic acid groups (broad SMARTS) is 1. The third-order valence-electron chi connectivity index (χ3n) is 4.60. The Labute approximate surface area is 210 Å². The fourth-order valence-corrected chi connectivity index (χ4v) is 5.28. The lowest BCUT2D eigenvalue weighted by Gasteiger charge is -2.10. The van der Waals surface area contributed by atoms with Crippen LogP contribution >= 0.6 is 22.7 Å². The van der Waals surface area contributed by atoms with Crippen LogP contribution in [0.3, 0.4) is 0 Å². The summed E-state index contributed by atoms with van der Waals surface area (Å²) in [5.41, 5.74) is 0.148. The molecule has 0 amide bonds. The van der Waals surface area contributed by atoms with Crippen molar-refractivity contribution in [2.45, 2.75) is 53.6 Å². The first-order valence-electron chi connectivity index (χ1n) is 11.2. The molecule has 2 N–H and O–H groups in total. The van der Waals surface area contributed by atoms with Crippen LogP contribution in [-0.4, -0.2) is 21.0 Å². The van der Waals surface area contributed by atoms with Gasteiger partial charge in [0, 0.05) is 27.2 Å². The number of fused-ring (bicyclic) bond motifs is 1. The summed E-state index contributed by atoms with van der Waals surface area (Å²) in [4.78, 5) is 20.8. The smallest absolute Gasteiger partial charge is 0.417 e. The van der Waals surface area contributed by atoms with Gasteiger partial charge in [-0.2, -0.15) is 13.2 Å². The van der Waals surface area contributed by atoms with Crippen LogP contribution in [0.4, 0.5) is 24.1 Å². The number of carbonyl (C=O) groups is 1. The topological polar surface area (TPSA) is 75.1 Å². The molecule has 0 atom stereocenters. The fourth-order valence-electron chi connectivity index (χ4n) is 3.11. The lowest BCUT2D eigenvalue weighted by molar-refractivity contribution is -0.137. The van der Waals surface area contributed by atoms with Crippen LogP contribution in [0.1, 0.15) is 69.1 Å². The Morgan fingerprint density at radius 2 is 1.77 bits per heavy atom. The van der Waals surface area contributed by atoms with Crippen LogP contribution in [-0.2, 0) is 6.18 Å². The van der Waals surface area contributed by atoms with Gasteiger partial charge in [-0.25, -0.2) is 14.8 Å². The highest BCUT2D eigenvalue weighted by Crippen LogP contribution is 2.43. The number of nitrogens with zero attached hydrogens (tertiary/aromatic N) is 2.